The molecular weight excluding hydrogens is 343 g/mol. The summed E-state index contributed by atoms with van der Waals surface area (Å²) in [4.78, 5) is 13.9. The highest BCUT2D eigenvalue weighted by Crippen LogP contribution is 2.46. The van der Waals surface area contributed by atoms with Gasteiger partial charge in [-0.2, -0.15) is 5.26 Å². The zero-order chi connectivity index (χ0) is 20.4. The number of piperidine rings is 1. The van der Waals surface area contributed by atoms with Crippen molar-refractivity contribution in [2.24, 2.45) is 5.41 Å². The Morgan fingerprint density at radius 3 is 2.44 bits per heavy atom. The lowest BCUT2D eigenvalue weighted by Crippen LogP contribution is -2.46. The highest BCUT2D eigenvalue weighted by Gasteiger charge is 2.43. The van der Waals surface area contributed by atoms with Gasteiger partial charge in [0.15, 0.2) is 0 Å². The standard InChI is InChI=1S/C22H29FN2O2/c1-15(2)17-8-7-9-18(23)19(17)16(3)22(14-24)10-12-25(13-11-22)20(26)27-21(4,5)6/h7-9,16H,1,10-13H2,2-6H3. The first-order chi connectivity index (χ1) is 12.5. The summed E-state index contributed by atoms with van der Waals surface area (Å²) in [6.45, 7) is 14.0. The maximum atomic E-state index is 14.7. The molecule has 1 saturated heterocycles. The Morgan fingerprint density at radius 2 is 1.96 bits per heavy atom. The molecule has 1 aliphatic heterocycles. The second-order valence-electron chi connectivity index (χ2n) is 8.44. The molecule has 0 aliphatic carbocycles. The fourth-order valence-electron chi connectivity index (χ4n) is 3.68. The van der Waals surface area contributed by atoms with E-state index in [4.69, 9.17) is 4.74 Å². The predicted molar refractivity (Wildman–Crippen MR) is 105 cm³/mol. The number of nitrogens with zero attached hydrogens (tertiary/aromatic N) is 2. The first kappa shape index (κ1) is 21.0. The molecule has 0 bridgehead atoms. The van der Waals surface area contributed by atoms with Crippen LogP contribution in [0.1, 0.15) is 64.5 Å². The number of benzene rings is 1. The number of halogens is 1. The number of amides is 1. The summed E-state index contributed by atoms with van der Waals surface area (Å²) in [6.07, 6.45) is 0.595. The van der Waals surface area contributed by atoms with E-state index in [-0.39, 0.29) is 17.8 Å². The van der Waals surface area contributed by atoms with Gasteiger partial charge < -0.3 is 9.64 Å². The summed E-state index contributed by atoms with van der Waals surface area (Å²) >= 11 is 0. The Bertz CT molecular complexity index is 765. The van der Waals surface area contributed by atoms with Crippen LogP contribution in [0.5, 0.6) is 0 Å². The van der Waals surface area contributed by atoms with Crippen LogP contribution in [0.25, 0.3) is 5.57 Å². The van der Waals surface area contributed by atoms with E-state index in [0.717, 1.165) is 11.1 Å². The highest BCUT2D eigenvalue weighted by molar-refractivity contribution is 5.68. The Labute approximate surface area is 161 Å². The summed E-state index contributed by atoms with van der Waals surface area (Å²) in [5, 5.41) is 9.98. The first-order valence-electron chi connectivity index (χ1n) is 9.34. The van der Waals surface area contributed by atoms with Gasteiger partial charge in [0.1, 0.15) is 11.4 Å². The van der Waals surface area contributed by atoms with Gasteiger partial charge in [0.05, 0.1) is 11.5 Å². The van der Waals surface area contributed by atoms with Crippen molar-refractivity contribution in [3.05, 3.63) is 41.7 Å². The van der Waals surface area contributed by atoms with E-state index in [1.807, 2.05) is 40.7 Å². The van der Waals surface area contributed by atoms with E-state index in [1.165, 1.54) is 6.07 Å². The molecular formula is C22H29FN2O2. The molecule has 1 aliphatic rings. The number of likely N-dealkylation sites (tertiary alicyclic amines) is 1. The average Bonchev–Trinajstić information content (AvgIpc) is 2.59. The average molecular weight is 372 g/mol. The van der Waals surface area contributed by atoms with Gasteiger partial charge in [-0.3, -0.25) is 0 Å². The van der Waals surface area contributed by atoms with Crippen molar-refractivity contribution >= 4 is 11.7 Å². The van der Waals surface area contributed by atoms with Gasteiger partial charge in [0.25, 0.3) is 0 Å². The molecule has 1 aromatic carbocycles. The van der Waals surface area contributed by atoms with Gasteiger partial charge in [0, 0.05) is 19.0 Å². The van der Waals surface area contributed by atoms with E-state index in [9.17, 15) is 14.4 Å². The second-order valence-corrected chi connectivity index (χ2v) is 8.44. The Balaban J connectivity index is 2.25. The molecule has 1 amide bonds. The fraction of sp³-hybridized carbons (Fsp3) is 0.545. The monoisotopic (exact) mass is 372 g/mol. The number of allylic oxidation sites excluding steroid dienone is 1. The number of rotatable bonds is 3. The Hall–Kier alpha value is -2.35. The number of nitriles is 1. The minimum Gasteiger partial charge on any atom is -0.444 e. The summed E-state index contributed by atoms with van der Waals surface area (Å²) in [5.41, 5.74) is 0.780. The quantitative estimate of drug-likeness (QED) is 0.703. The molecule has 27 heavy (non-hydrogen) atoms. The van der Waals surface area contributed by atoms with Crippen molar-refractivity contribution in [2.75, 3.05) is 13.1 Å². The van der Waals surface area contributed by atoms with Crippen LogP contribution in [0.15, 0.2) is 24.8 Å². The minimum absolute atomic E-state index is 0.309. The third kappa shape index (κ3) is 4.50. The third-order valence-electron chi connectivity index (χ3n) is 5.30. The second kappa shape index (κ2) is 7.72. The maximum Gasteiger partial charge on any atom is 0.410 e. The number of hydrogen-bond donors (Lipinski definition) is 0. The Kier molecular flexibility index (Phi) is 5.99. The smallest absolute Gasteiger partial charge is 0.410 e. The molecule has 1 atom stereocenters. The van der Waals surface area contributed by atoms with Crippen LogP contribution >= 0.6 is 0 Å². The van der Waals surface area contributed by atoms with Gasteiger partial charge in [-0.1, -0.05) is 31.2 Å². The maximum absolute atomic E-state index is 14.7. The summed E-state index contributed by atoms with van der Waals surface area (Å²) < 4.78 is 20.1. The summed E-state index contributed by atoms with van der Waals surface area (Å²) in [7, 11) is 0. The van der Waals surface area contributed by atoms with E-state index in [2.05, 4.69) is 12.6 Å². The molecule has 146 valence electrons. The van der Waals surface area contributed by atoms with Crippen LogP contribution in [0.4, 0.5) is 9.18 Å². The molecule has 1 heterocycles. The third-order valence-corrected chi connectivity index (χ3v) is 5.30. The van der Waals surface area contributed by atoms with Crippen LogP contribution in [0.2, 0.25) is 0 Å². The molecule has 0 radical (unpaired) electrons. The van der Waals surface area contributed by atoms with E-state index in [0.29, 0.717) is 31.5 Å². The van der Waals surface area contributed by atoms with Gasteiger partial charge in [-0.15, -0.1) is 0 Å². The Morgan fingerprint density at radius 1 is 1.37 bits per heavy atom. The molecule has 5 heteroatoms. The topological polar surface area (TPSA) is 53.3 Å². The SMILES string of the molecule is C=C(C)c1cccc(F)c1C(C)C1(C#N)CCN(C(=O)OC(C)(C)C)CC1. The number of hydrogen-bond acceptors (Lipinski definition) is 3. The molecule has 1 fully saturated rings. The van der Waals surface area contributed by atoms with E-state index >= 15 is 0 Å². The molecule has 1 unspecified atom stereocenters. The van der Waals surface area contributed by atoms with E-state index < -0.39 is 11.0 Å². The number of ether oxygens (including phenoxy) is 1. The van der Waals surface area contributed by atoms with Gasteiger partial charge >= 0.3 is 6.09 Å². The zero-order valence-corrected chi connectivity index (χ0v) is 16.9. The van der Waals surface area contributed by atoms with Crippen LogP contribution in [0, 0.1) is 22.6 Å². The molecule has 4 nitrogen and oxygen atoms in total. The highest BCUT2D eigenvalue weighted by atomic mass is 19.1. The lowest BCUT2D eigenvalue weighted by Gasteiger charge is -2.41. The minimum atomic E-state index is -0.731. The van der Waals surface area contributed by atoms with Crippen LogP contribution < -0.4 is 0 Å². The number of carbonyl (C=O) groups is 1. The van der Waals surface area contributed by atoms with Crippen molar-refractivity contribution in [1.82, 2.24) is 4.90 Å². The molecule has 0 aromatic heterocycles. The first-order valence-corrected chi connectivity index (χ1v) is 9.34. The van der Waals surface area contributed by atoms with Crippen LogP contribution in [-0.2, 0) is 4.74 Å². The lowest BCUT2D eigenvalue weighted by atomic mass is 9.67. The predicted octanol–water partition coefficient (Wildman–Crippen LogP) is 5.50. The van der Waals surface area contributed by atoms with Crippen molar-refractivity contribution < 1.29 is 13.9 Å². The largest absolute Gasteiger partial charge is 0.444 e. The molecule has 0 saturated carbocycles. The summed E-state index contributed by atoms with van der Waals surface area (Å²) in [6, 6.07) is 7.38. The van der Waals surface area contributed by atoms with Crippen molar-refractivity contribution in [3.8, 4) is 6.07 Å². The lowest BCUT2D eigenvalue weighted by molar-refractivity contribution is 0.0131. The normalized spacial score (nSPS) is 17.7. The van der Waals surface area contributed by atoms with Crippen molar-refractivity contribution in [3.63, 3.8) is 0 Å². The van der Waals surface area contributed by atoms with Crippen molar-refractivity contribution in [1.29, 1.82) is 5.26 Å². The van der Waals surface area contributed by atoms with E-state index in [1.54, 1.807) is 11.0 Å². The fourth-order valence-corrected chi connectivity index (χ4v) is 3.68. The van der Waals surface area contributed by atoms with Gasteiger partial charge in [0.2, 0.25) is 0 Å². The molecule has 0 N–H and O–H groups in total. The zero-order valence-electron chi connectivity index (χ0n) is 16.9. The van der Waals surface area contributed by atoms with Crippen LogP contribution in [-0.4, -0.2) is 29.7 Å². The molecule has 2 rings (SSSR count). The molecule has 0 spiro atoms. The summed E-state index contributed by atoms with van der Waals surface area (Å²) in [5.74, 6) is -0.622. The van der Waals surface area contributed by atoms with Gasteiger partial charge in [-0.25, -0.2) is 9.18 Å². The number of carbonyl (C=O) groups excluding carboxylic acids is 1. The van der Waals surface area contributed by atoms with Gasteiger partial charge in [-0.05, 0) is 57.7 Å². The molecule has 1 aromatic rings. The van der Waals surface area contributed by atoms with Crippen molar-refractivity contribution in [2.45, 2.75) is 59.0 Å². The van der Waals surface area contributed by atoms with Crippen LogP contribution in [0.3, 0.4) is 0 Å².